The Balaban J connectivity index is 2.76. The summed E-state index contributed by atoms with van der Waals surface area (Å²) in [6.45, 7) is 0. The molecule has 0 saturated carbocycles. The first-order valence-electron chi connectivity index (χ1n) is 4.02. The molecule has 80 valence electrons. The van der Waals surface area contributed by atoms with Crippen LogP contribution in [0.5, 0.6) is 0 Å². The van der Waals surface area contributed by atoms with Gasteiger partial charge in [-0.15, -0.1) is 0 Å². The molecule has 0 aliphatic rings. The summed E-state index contributed by atoms with van der Waals surface area (Å²) in [5.74, 6) is -1.03. The van der Waals surface area contributed by atoms with E-state index in [2.05, 4.69) is 17.5 Å². The molecule has 1 amide bonds. The Morgan fingerprint density at radius 2 is 2.27 bits per heavy atom. The van der Waals surface area contributed by atoms with E-state index in [-0.39, 0.29) is 17.1 Å². The third-order valence-corrected chi connectivity index (χ3v) is 1.92. The molecule has 0 atom stereocenters. The second-order valence-corrected chi connectivity index (χ2v) is 3.78. The Bertz CT molecular complexity index is 411. The van der Waals surface area contributed by atoms with Gasteiger partial charge in [0.05, 0.1) is 17.1 Å². The quantitative estimate of drug-likeness (QED) is 0.803. The number of nitrogens with one attached hydrogen (secondary N) is 1. The molecule has 6 heteroatoms. The molecule has 0 aliphatic carbocycles. The van der Waals surface area contributed by atoms with Crippen molar-refractivity contribution >= 4 is 40.4 Å². The first kappa shape index (κ1) is 11.9. The van der Waals surface area contributed by atoms with E-state index < -0.39 is 11.7 Å². The Kier molecular flexibility index (Phi) is 3.99. The van der Waals surface area contributed by atoms with Gasteiger partial charge in [-0.05, 0) is 18.2 Å². The minimum atomic E-state index is -0.560. The first-order valence-corrected chi connectivity index (χ1v) is 4.81. The van der Waals surface area contributed by atoms with E-state index in [1.54, 1.807) is 0 Å². The van der Waals surface area contributed by atoms with Crippen molar-refractivity contribution in [1.82, 2.24) is 0 Å². The summed E-state index contributed by atoms with van der Waals surface area (Å²) in [4.78, 5) is 11.2. The highest BCUT2D eigenvalue weighted by Gasteiger charge is 2.08. The number of benzene rings is 1. The fourth-order valence-electron chi connectivity index (χ4n) is 0.946. The summed E-state index contributed by atoms with van der Waals surface area (Å²) in [5, 5.41) is 2.65. The molecule has 3 N–H and O–H groups in total. The van der Waals surface area contributed by atoms with Gasteiger partial charge in [0.2, 0.25) is 5.91 Å². The van der Waals surface area contributed by atoms with E-state index in [1.165, 1.54) is 18.2 Å². The normalized spacial score (nSPS) is 9.73. The average molecular weight is 247 g/mol. The average Bonchev–Trinajstić information content (AvgIpc) is 2.10. The van der Waals surface area contributed by atoms with E-state index in [4.69, 9.17) is 17.3 Å². The number of nitrogens with two attached hydrogens (primary N) is 1. The SMILES string of the molecule is NC(=S)CC(=O)Nc1cc(Cl)ccc1F. The van der Waals surface area contributed by atoms with Gasteiger partial charge in [0, 0.05) is 5.02 Å². The van der Waals surface area contributed by atoms with E-state index in [1.807, 2.05) is 0 Å². The number of amides is 1. The summed E-state index contributed by atoms with van der Waals surface area (Å²) in [6.07, 6.45) is -0.124. The lowest BCUT2D eigenvalue weighted by Crippen LogP contribution is -2.20. The molecule has 1 rings (SSSR count). The van der Waals surface area contributed by atoms with Gasteiger partial charge in [-0.25, -0.2) is 4.39 Å². The molecule has 1 aromatic carbocycles. The minimum Gasteiger partial charge on any atom is -0.393 e. The van der Waals surface area contributed by atoms with Crippen LogP contribution in [0.15, 0.2) is 18.2 Å². The van der Waals surface area contributed by atoms with Crippen LogP contribution < -0.4 is 11.1 Å². The smallest absolute Gasteiger partial charge is 0.231 e. The van der Waals surface area contributed by atoms with Gasteiger partial charge < -0.3 is 11.1 Å². The van der Waals surface area contributed by atoms with Gasteiger partial charge in [0.15, 0.2) is 0 Å². The zero-order valence-corrected chi connectivity index (χ0v) is 9.16. The van der Waals surface area contributed by atoms with Crippen molar-refractivity contribution in [3.63, 3.8) is 0 Å². The molecule has 0 bridgehead atoms. The van der Waals surface area contributed by atoms with Gasteiger partial charge >= 0.3 is 0 Å². The molecule has 0 aliphatic heterocycles. The predicted octanol–water partition coefficient (Wildman–Crippen LogP) is 2.09. The summed E-state index contributed by atoms with van der Waals surface area (Å²) in [6, 6.07) is 3.87. The van der Waals surface area contributed by atoms with Crippen molar-refractivity contribution < 1.29 is 9.18 Å². The van der Waals surface area contributed by atoms with Crippen molar-refractivity contribution in [2.75, 3.05) is 5.32 Å². The molecule has 0 heterocycles. The Labute approximate surface area is 96.4 Å². The van der Waals surface area contributed by atoms with Crippen LogP contribution in [-0.2, 0) is 4.79 Å². The third kappa shape index (κ3) is 3.81. The van der Waals surface area contributed by atoms with Crippen LogP contribution in [0.2, 0.25) is 5.02 Å². The highest BCUT2D eigenvalue weighted by atomic mass is 35.5. The minimum absolute atomic E-state index is 0.0174. The van der Waals surface area contributed by atoms with Crippen molar-refractivity contribution in [2.45, 2.75) is 6.42 Å². The van der Waals surface area contributed by atoms with Crippen LogP contribution in [0.3, 0.4) is 0 Å². The summed E-state index contributed by atoms with van der Waals surface area (Å²) in [5.41, 5.74) is 5.18. The summed E-state index contributed by atoms with van der Waals surface area (Å²) in [7, 11) is 0. The molecule has 0 saturated heterocycles. The molecule has 15 heavy (non-hydrogen) atoms. The lowest BCUT2D eigenvalue weighted by Gasteiger charge is -2.05. The Morgan fingerprint density at radius 3 is 2.87 bits per heavy atom. The number of rotatable bonds is 3. The second-order valence-electron chi connectivity index (χ2n) is 2.82. The molecular formula is C9H8ClFN2OS. The van der Waals surface area contributed by atoms with Crippen molar-refractivity contribution in [2.24, 2.45) is 5.73 Å². The maximum Gasteiger partial charge on any atom is 0.231 e. The zero-order valence-electron chi connectivity index (χ0n) is 7.59. The summed E-state index contributed by atoms with van der Waals surface area (Å²) >= 11 is 10.2. The van der Waals surface area contributed by atoms with Gasteiger partial charge in [-0.2, -0.15) is 0 Å². The van der Waals surface area contributed by atoms with Crippen LogP contribution in [0.1, 0.15) is 6.42 Å². The molecule has 0 fully saturated rings. The maximum absolute atomic E-state index is 13.1. The van der Waals surface area contributed by atoms with E-state index >= 15 is 0 Å². The lowest BCUT2D eigenvalue weighted by atomic mass is 10.3. The predicted molar refractivity (Wildman–Crippen MR) is 61.4 cm³/mol. The zero-order chi connectivity index (χ0) is 11.4. The Hall–Kier alpha value is -1.20. The van der Waals surface area contributed by atoms with Gasteiger partial charge in [0.1, 0.15) is 5.82 Å². The van der Waals surface area contributed by atoms with Gasteiger partial charge in [-0.3, -0.25) is 4.79 Å². The number of anilines is 1. The van der Waals surface area contributed by atoms with Crippen molar-refractivity contribution in [3.8, 4) is 0 Å². The van der Waals surface area contributed by atoms with Gasteiger partial charge in [0.25, 0.3) is 0 Å². The number of thiocarbonyl (C=S) groups is 1. The standard InChI is InChI=1S/C9H8ClFN2OS/c10-5-1-2-6(11)7(3-5)13-9(14)4-8(12)15/h1-3H,4H2,(H2,12,15)(H,13,14). The van der Waals surface area contributed by atoms with Gasteiger partial charge in [-0.1, -0.05) is 23.8 Å². The molecule has 0 unspecified atom stereocenters. The number of hydrogen-bond donors (Lipinski definition) is 2. The lowest BCUT2D eigenvalue weighted by molar-refractivity contribution is -0.115. The molecule has 1 aromatic rings. The molecular weight excluding hydrogens is 239 g/mol. The Morgan fingerprint density at radius 1 is 1.60 bits per heavy atom. The third-order valence-electron chi connectivity index (χ3n) is 1.54. The van der Waals surface area contributed by atoms with Crippen LogP contribution >= 0.6 is 23.8 Å². The highest BCUT2D eigenvalue weighted by molar-refractivity contribution is 7.80. The van der Waals surface area contributed by atoms with E-state index in [0.29, 0.717) is 5.02 Å². The summed E-state index contributed by atoms with van der Waals surface area (Å²) < 4.78 is 13.1. The topological polar surface area (TPSA) is 55.1 Å². The largest absolute Gasteiger partial charge is 0.393 e. The molecule has 0 radical (unpaired) electrons. The molecule has 0 aromatic heterocycles. The fraction of sp³-hybridized carbons (Fsp3) is 0.111. The van der Waals surface area contributed by atoms with Crippen molar-refractivity contribution in [3.05, 3.63) is 29.0 Å². The molecule has 0 spiro atoms. The fourth-order valence-corrected chi connectivity index (χ4v) is 1.25. The van der Waals surface area contributed by atoms with Crippen LogP contribution in [0.4, 0.5) is 10.1 Å². The number of carbonyl (C=O) groups excluding carboxylic acids is 1. The van der Waals surface area contributed by atoms with Crippen molar-refractivity contribution in [1.29, 1.82) is 0 Å². The van der Waals surface area contributed by atoms with Crippen LogP contribution in [0, 0.1) is 5.82 Å². The maximum atomic E-state index is 13.1. The van der Waals surface area contributed by atoms with E-state index in [0.717, 1.165) is 0 Å². The van der Waals surface area contributed by atoms with Crippen LogP contribution in [-0.4, -0.2) is 10.9 Å². The highest BCUT2D eigenvalue weighted by Crippen LogP contribution is 2.19. The number of halogens is 2. The van der Waals surface area contributed by atoms with Crippen LogP contribution in [0.25, 0.3) is 0 Å². The monoisotopic (exact) mass is 246 g/mol. The first-order chi connectivity index (χ1) is 6.99. The molecule has 3 nitrogen and oxygen atoms in total. The second kappa shape index (κ2) is 5.04. The number of hydrogen-bond acceptors (Lipinski definition) is 2. The van der Waals surface area contributed by atoms with E-state index in [9.17, 15) is 9.18 Å². The number of carbonyl (C=O) groups is 1.